The Morgan fingerprint density at radius 1 is 0.725 bits per heavy atom. The van der Waals surface area contributed by atoms with E-state index in [0.717, 1.165) is 34.5 Å². The maximum absolute atomic E-state index is 12.2. The second-order valence-electron chi connectivity index (χ2n) is 17.2. The first kappa shape index (κ1) is 48.1. The van der Waals surface area contributed by atoms with Gasteiger partial charge >= 0.3 is 0 Å². The zero-order valence-electron chi connectivity index (χ0n) is 37.7. The molecule has 10 rings (SSSR count). The topological polar surface area (TPSA) is 276 Å². The summed E-state index contributed by atoms with van der Waals surface area (Å²) < 4.78 is 4.20. The van der Waals surface area contributed by atoms with Gasteiger partial charge in [-0.05, 0) is 49.2 Å². The number of nitrogens with two attached hydrogens (primary N) is 2. The van der Waals surface area contributed by atoms with Crippen LogP contribution in [-0.2, 0) is 9.59 Å². The molecule has 4 aliphatic heterocycles. The molecule has 6 aromatic rings. The first-order chi connectivity index (χ1) is 32.9. The Morgan fingerprint density at radius 2 is 1.20 bits per heavy atom. The predicted molar refractivity (Wildman–Crippen MR) is 258 cm³/mol. The summed E-state index contributed by atoms with van der Waals surface area (Å²) >= 11 is 3.45. The van der Waals surface area contributed by atoms with Crippen LogP contribution in [0.3, 0.4) is 0 Å². The number of aliphatic hydroxyl groups excluding tert-OH is 2. The zero-order chi connectivity index (χ0) is 49.4. The monoisotopic (exact) mass is 1000 g/mol. The van der Waals surface area contributed by atoms with Gasteiger partial charge in [0.05, 0.1) is 45.4 Å². The number of aromatic nitrogens is 6. The number of carbonyl (C=O) groups is 4. The van der Waals surface area contributed by atoms with Crippen molar-refractivity contribution < 1.29 is 39.6 Å². The number of hydrogen-bond donors (Lipinski definition) is 6. The molecule has 2 aromatic carbocycles. The number of terminal acetylenes is 1. The lowest BCUT2D eigenvalue weighted by Gasteiger charge is -2.16. The number of pyridine rings is 2. The Bertz CT molecular complexity index is 3120. The number of rotatable bonds is 6. The summed E-state index contributed by atoms with van der Waals surface area (Å²) in [5.41, 5.74) is 11.5. The van der Waals surface area contributed by atoms with E-state index in [2.05, 4.69) is 53.9 Å². The lowest BCUT2D eigenvalue weighted by atomic mass is 10.0. The molecule has 4 aromatic heterocycles. The fourth-order valence-electron chi connectivity index (χ4n) is 8.46. The van der Waals surface area contributed by atoms with Gasteiger partial charge < -0.3 is 51.5 Å². The molecular weight excluding hydrogens is 953 g/mol. The fourth-order valence-corrected chi connectivity index (χ4v) is 8.85. The van der Waals surface area contributed by atoms with Crippen molar-refractivity contribution in [1.29, 1.82) is 0 Å². The van der Waals surface area contributed by atoms with Gasteiger partial charge in [-0.1, -0.05) is 45.8 Å². The van der Waals surface area contributed by atoms with Gasteiger partial charge in [0.15, 0.2) is 11.4 Å². The predicted octanol–water partition coefficient (Wildman–Crippen LogP) is 1.10. The first-order valence-corrected chi connectivity index (χ1v) is 22.7. The fraction of sp³-hybridized carbons (Fsp3) is 0.333. The number of aliphatic hydroxyl groups is 4. The molecule has 0 radical (unpaired) electrons. The van der Waals surface area contributed by atoms with Crippen molar-refractivity contribution in [2.75, 3.05) is 63.2 Å². The lowest BCUT2D eigenvalue weighted by molar-refractivity contribution is -0.138. The molecule has 0 unspecified atom stereocenters. The SMILES string of the molecule is C#C[C@]1(O)CCN(C)C1=O.CN1CC[C@@](O)(C#Cc2cccc(-n3nc(C(N)=O)c4cnc(N5CC[C@@H](O)C5)cc43)c2)C1=O.NC(=O)c1nn(-c2cccc(Br)c2)c2cc(N3CC[C@@H](O)C3)ncc12. The average molecular weight is 1000 g/mol. The molecule has 0 aliphatic carbocycles. The molecule has 0 saturated carbocycles. The third kappa shape index (κ3) is 9.82. The number of nitrogens with zero attached hydrogens (tertiary/aromatic N) is 10. The number of likely N-dealkylation sites (N-methyl/N-ethyl adjacent to an activating group) is 2. The molecule has 0 spiro atoms. The molecule has 8 N–H and O–H groups in total. The van der Waals surface area contributed by atoms with Crippen LogP contribution in [-0.4, -0.2) is 160 Å². The number of fused-ring (bicyclic) bond motifs is 2. The minimum Gasteiger partial charge on any atom is -0.391 e. The molecule has 356 valence electrons. The van der Waals surface area contributed by atoms with Gasteiger partial charge in [0.2, 0.25) is 11.2 Å². The Morgan fingerprint density at radius 3 is 1.61 bits per heavy atom. The molecule has 0 bridgehead atoms. The Balaban J connectivity index is 0.000000160. The van der Waals surface area contributed by atoms with Gasteiger partial charge in [-0.15, -0.1) is 6.42 Å². The minimum absolute atomic E-state index is 0.0981. The van der Waals surface area contributed by atoms with Crippen LogP contribution in [0.1, 0.15) is 52.2 Å². The highest BCUT2D eigenvalue weighted by molar-refractivity contribution is 9.10. The van der Waals surface area contributed by atoms with Crippen molar-refractivity contribution >= 4 is 73.0 Å². The van der Waals surface area contributed by atoms with Crippen LogP contribution in [0.25, 0.3) is 33.2 Å². The summed E-state index contributed by atoms with van der Waals surface area (Å²) in [5.74, 6) is 7.08. The number of β-amino-alcohol motifs (C(OH)–C–C–N with tert-alkyl or cyclic N) is 2. The number of primary amides is 2. The number of anilines is 2. The van der Waals surface area contributed by atoms with E-state index < -0.39 is 35.0 Å². The Labute approximate surface area is 404 Å². The highest BCUT2D eigenvalue weighted by Gasteiger charge is 2.43. The molecule has 4 fully saturated rings. The van der Waals surface area contributed by atoms with Crippen molar-refractivity contribution in [3.63, 3.8) is 0 Å². The third-order valence-electron chi connectivity index (χ3n) is 12.4. The van der Waals surface area contributed by atoms with E-state index in [0.29, 0.717) is 78.9 Å². The average Bonchev–Trinajstić information content (AvgIpc) is 4.21. The lowest BCUT2D eigenvalue weighted by Crippen LogP contribution is -2.37. The number of carbonyl (C=O) groups excluding carboxylic acids is 4. The molecule has 20 nitrogen and oxygen atoms in total. The van der Waals surface area contributed by atoms with Gasteiger partial charge in [-0.2, -0.15) is 10.2 Å². The molecule has 4 atom stereocenters. The summed E-state index contributed by atoms with van der Waals surface area (Å²) in [5, 5.41) is 49.5. The van der Waals surface area contributed by atoms with Crippen LogP contribution in [0.4, 0.5) is 11.6 Å². The van der Waals surface area contributed by atoms with Crippen LogP contribution in [0.2, 0.25) is 0 Å². The number of halogens is 1. The highest BCUT2D eigenvalue weighted by atomic mass is 79.9. The first-order valence-electron chi connectivity index (χ1n) is 21.9. The molecule has 4 aliphatic rings. The second-order valence-corrected chi connectivity index (χ2v) is 18.2. The summed E-state index contributed by atoms with van der Waals surface area (Å²) in [4.78, 5) is 62.8. The van der Waals surface area contributed by atoms with Gasteiger partial charge in [0.1, 0.15) is 11.6 Å². The smallest absolute Gasteiger partial charge is 0.269 e. The van der Waals surface area contributed by atoms with E-state index in [1.165, 1.54) is 9.80 Å². The van der Waals surface area contributed by atoms with E-state index in [9.17, 15) is 39.6 Å². The van der Waals surface area contributed by atoms with E-state index in [4.69, 9.17) is 17.9 Å². The van der Waals surface area contributed by atoms with Crippen molar-refractivity contribution in [3.8, 4) is 35.6 Å². The maximum Gasteiger partial charge on any atom is 0.269 e. The van der Waals surface area contributed by atoms with Gasteiger partial charge in [0, 0.05) is 101 Å². The van der Waals surface area contributed by atoms with Gasteiger partial charge in [-0.25, -0.2) is 19.3 Å². The van der Waals surface area contributed by atoms with E-state index >= 15 is 0 Å². The summed E-state index contributed by atoms with van der Waals surface area (Å²) in [7, 11) is 3.26. The highest BCUT2D eigenvalue weighted by Crippen LogP contribution is 2.30. The number of amides is 4. The molecule has 4 saturated heterocycles. The standard InChI is InChI=1S/C24H24N6O4.C17H16BrN5O2.C7H9NO2/c1-28-10-8-24(34,23(28)33)7-5-15-3-2-4-16(11-15)30-19-12-20(29-9-6-17(31)14-29)26-13-18(19)21(27-30)22(25)32;18-10-2-1-3-11(6-10)23-14-7-15(22-5-4-12(24)9-22)20-8-13(14)16(21-23)17(19)25;1-3-7(10)4-5-8(2)6(7)9/h2-4,11-13,17,31,34H,6,8-10,14H2,1H3,(H2,25,32);1-3,6-8,12,24H,4-5,9H2,(H2,19,25);1,10H,4-5H2,2H3/t17-,24+;12-;7-/m110/s1. The maximum atomic E-state index is 12.2. The summed E-state index contributed by atoms with van der Waals surface area (Å²) in [6, 6.07) is 18.5. The van der Waals surface area contributed by atoms with Crippen LogP contribution in [0.15, 0.2) is 77.5 Å². The van der Waals surface area contributed by atoms with Crippen molar-refractivity contribution in [1.82, 2.24) is 39.3 Å². The van der Waals surface area contributed by atoms with Crippen molar-refractivity contribution in [3.05, 3.63) is 94.5 Å². The van der Waals surface area contributed by atoms with Gasteiger partial charge in [-0.3, -0.25) is 19.2 Å². The van der Waals surface area contributed by atoms with Crippen LogP contribution >= 0.6 is 15.9 Å². The molecule has 8 heterocycles. The third-order valence-corrected chi connectivity index (χ3v) is 12.9. The Kier molecular flexibility index (Phi) is 13.4. The zero-order valence-corrected chi connectivity index (χ0v) is 39.2. The van der Waals surface area contributed by atoms with E-state index in [-0.39, 0.29) is 29.8 Å². The number of hydrogen-bond acceptors (Lipinski definition) is 14. The summed E-state index contributed by atoms with van der Waals surface area (Å²) in [6.07, 6.45) is 9.40. The largest absolute Gasteiger partial charge is 0.391 e. The number of likely N-dealkylation sites (tertiary alicyclic amines) is 2. The number of benzene rings is 2. The summed E-state index contributed by atoms with van der Waals surface area (Å²) in [6.45, 7) is 3.44. The van der Waals surface area contributed by atoms with Crippen LogP contribution in [0.5, 0.6) is 0 Å². The second kappa shape index (κ2) is 19.3. The minimum atomic E-state index is -1.69. The molecule has 69 heavy (non-hydrogen) atoms. The Hall–Kier alpha value is -7.40. The van der Waals surface area contributed by atoms with Crippen LogP contribution < -0.4 is 21.3 Å². The van der Waals surface area contributed by atoms with Gasteiger partial charge in [0.25, 0.3) is 23.6 Å². The van der Waals surface area contributed by atoms with Crippen molar-refractivity contribution in [2.24, 2.45) is 11.5 Å². The van der Waals surface area contributed by atoms with Crippen molar-refractivity contribution in [2.45, 2.75) is 49.1 Å². The van der Waals surface area contributed by atoms with Crippen LogP contribution in [0, 0.1) is 24.2 Å². The van der Waals surface area contributed by atoms with E-state index in [1.54, 1.807) is 54.1 Å². The normalized spacial score (nSPS) is 22.0. The molecular formula is C48H49BrN12O8. The quantitative estimate of drug-likeness (QED) is 0.128. The molecule has 21 heteroatoms. The van der Waals surface area contributed by atoms with E-state index in [1.807, 2.05) is 52.3 Å². The molecule has 4 amide bonds.